The minimum absolute atomic E-state index is 0.962. The van der Waals surface area contributed by atoms with E-state index < -0.39 is 18.4 Å². The van der Waals surface area contributed by atoms with Crippen LogP contribution in [0.3, 0.4) is 0 Å². The molecule has 0 heterocycles. The van der Waals surface area contributed by atoms with Crippen molar-refractivity contribution in [2.24, 2.45) is 0 Å². The molecule has 0 nitrogen and oxygen atoms in total. The molecule has 0 rings (SSSR count). The molecule has 114 valence electrons. The van der Waals surface area contributed by atoms with Gasteiger partial charge in [-0.3, -0.25) is 0 Å². The molecule has 19 heavy (non-hydrogen) atoms. The van der Waals surface area contributed by atoms with Gasteiger partial charge < -0.3 is 0 Å². The first-order chi connectivity index (χ1) is 9.07. The maximum atomic E-state index is 2.58. The van der Waals surface area contributed by atoms with E-state index in [2.05, 4.69) is 47.6 Å². The fourth-order valence-electron chi connectivity index (χ4n) is 3.34. The van der Waals surface area contributed by atoms with Crippen LogP contribution in [0.1, 0.15) is 80.1 Å². The van der Waals surface area contributed by atoms with Crippen molar-refractivity contribution in [1.29, 1.82) is 0 Å². The Bertz CT molecular complexity index is 220. The molecule has 0 amide bonds. The summed E-state index contributed by atoms with van der Waals surface area (Å²) in [4.78, 5) is 0. The topological polar surface area (TPSA) is 0 Å². The van der Waals surface area contributed by atoms with Gasteiger partial charge >= 0.3 is 127 Å². The molecular weight excluding hydrogens is 335 g/mol. The number of hydrogen-bond donors (Lipinski definition) is 0. The van der Waals surface area contributed by atoms with E-state index in [-0.39, 0.29) is 0 Å². The van der Waals surface area contributed by atoms with Gasteiger partial charge in [-0.25, -0.2) is 0 Å². The third-order valence-electron chi connectivity index (χ3n) is 5.14. The second-order valence-electron chi connectivity index (χ2n) is 6.43. The van der Waals surface area contributed by atoms with E-state index >= 15 is 0 Å². The Labute approximate surface area is 127 Å². The van der Waals surface area contributed by atoms with Crippen molar-refractivity contribution in [2.45, 2.75) is 97.3 Å². The Morgan fingerprint density at radius 3 is 1.53 bits per heavy atom. The molecule has 0 spiro atoms. The van der Waals surface area contributed by atoms with Crippen LogP contribution >= 0.6 is 0 Å². The van der Waals surface area contributed by atoms with Crippen molar-refractivity contribution in [2.75, 3.05) is 0 Å². The van der Waals surface area contributed by atoms with Gasteiger partial charge in [-0.2, -0.15) is 0 Å². The first kappa shape index (κ1) is 19.5. The van der Waals surface area contributed by atoms with Gasteiger partial charge in [0, 0.05) is 0 Å². The Balaban J connectivity index is 5.06. The van der Waals surface area contributed by atoms with Gasteiger partial charge in [0.05, 0.1) is 0 Å². The monoisotopic (exact) mass is 374 g/mol. The van der Waals surface area contributed by atoms with E-state index in [0.717, 1.165) is 3.93 Å². The SMILES string of the molecule is C/C=C(/C)[CH](C)[Sn]([CH2]CCC)([CH2]CCC)[CH2]CCC. The van der Waals surface area contributed by atoms with Crippen LogP contribution in [0, 0.1) is 0 Å². The molecule has 1 heteroatoms. The van der Waals surface area contributed by atoms with Crippen LogP contribution in [-0.2, 0) is 0 Å². The van der Waals surface area contributed by atoms with Crippen LogP contribution in [0.4, 0.5) is 0 Å². The summed E-state index contributed by atoms with van der Waals surface area (Å²) in [6.07, 6.45) is 11.0. The molecule has 0 aromatic carbocycles. The first-order valence-electron chi connectivity index (χ1n) is 8.70. The van der Waals surface area contributed by atoms with Crippen molar-refractivity contribution in [1.82, 2.24) is 0 Å². The molecule has 0 N–H and O–H groups in total. The second-order valence-corrected chi connectivity index (χ2v) is 21.0. The van der Waals surface area contributed by atoms with Crippen molar-refractivity contribution in [3.05, 3.63) is 11.6 Å². The first-order valence-corrected chi connectivity index (χ1v) is 16.4. The molecule has 0 fully saturated rings. The number of hydrogen-bond acceptors (Lipinski definition) is 0. The third kappa shape index (κ3) is 6.69. The summed E-state index contributed by atoms with van der Waals surface area (Å²) in [5, 5.41) is 0. The Morgan fingerprint density at radius 2 is 1.26 bits per heavy atom. The Morgan fingerprint density at radius 1 is 0.895 bits per heavy atom. The van der Waals surface area contributed by atoms with Crippen molar-refractivity contribution >= 4 is 18.4 Å². The molecule has 0 radical (unpaired) electrons. The van der Waals surface area contributed by atoms with Crippen LogP contribution < -0.4 is 0 Å². The summed E-state index contributed by atoms with van der Waals surface area (Å²) < 4.78 is 5.87. The van der Waals surface area contributed by atoms with E-state index in [1.807, 2.05) is 0 Å². The zero-order valence-corrected chi connectivity index (χ0v) is 17.4. The van der Waals surface area contributed by atoms with Crippen LogP contribution in [0.25, 0.3) is 0 Å². The molecule has 0 aliphatic carbocycles. The van der Waals surface area contributed by atoms with Crippen molar-refractivity contribution in [3.8, 4) is 0 Å². The van der Waals surface area contributed by atoms with Crippen LogP contribution in [-0.4, -0.2) is 18.4 Å². The standard InChI is InChI=1S/C6H11.3C4H9.Sn/c1-4-6(3)5-2;3*1-3-4-2;/h4-5H,1-3H3;3*1,3-4H2,2H3;/b6-4-;;;;. The number of allylic oxidation sites excluding steroid dienone is 2. The average Bonchev–Trinajstić information content (AvgIpc) is 2.45. The van der Waals surface area contributed by atoms with Gasteiger partial charge in [0.1, 0.15) is 0 Å². The van der Waals surface area contributed by atoms with Crippen molar-refractivity contribution in [3.63, 3.8) is 0 Å². The summed E-state index contributed by atoms with van der Waals surface area (Å²) in [6.45, 7) is 14.3. The summed E-state index contributed by atoms with van der Waals surface area (Å²) in [5.74, 6) is 0. The zero-order valence-electron chi connectivity index (χ0n) is 14.5. The zero-order chi connectivity index (χ0) is 14.7. The molecule has 0 bridgehead atoms. The predicted molar refractivity (Wildman–Crippen MR) is 93.8 cm³/mol. The van der Waals surface area contributed by atoms with E-state index in [9.17, 15) is 0 Å². The summed E-state index contributed by atoms with van der Waals surface area (Å²) in [7, 11) is 0. The third-order valence-corrected chi connectivity index (χ3v) is 23.2. The second kappa shape index (κ2) is 11.2. The van der Waals surface area contributed by atoms with Gasteiger partial charge in [0.25, 0.3) is 0 Å². The molecule has 0 saturated heterocycles. The van der Waals surface area contributed by atoms with Gasteiger partial charge in [-0.1, -0.05) is 0 Å². The van der Waals surface area contributed by atoms with Crippen LogP contribution in [0.5, 0.6) is 0 Å². The molecule has 0 aliphatic rings. The van der Waals surface area contributed by atoms with E-state index in [1.165, 1.54) is 38.5 Å². The molecule has 1 atom stereocenters. The van der Waals surface area contributed by atoms with Gasteiger partial charge in [0.2, 0.25) is 0 Å². The fraction of sp³-hybridized carbons (Fsp3) is 0.889. The van der Waals surface area contributed by atoms with E-state index in [1.54, 1.807) is 18.9 Å². The maximum absolute atomic E-state index is 2.58. The summed E-state index contributed by atoms with van der Waals surface area (Å²) >= 11 is -1.98. The molecule has 1 unspecified atom stereocenters. The van der Waals surface area contributed by atoms with Crippen LogP contribution in [0.15, 0.2) is 11.6 Å². The summed E-state index contributed by atoms with van der Waals surface area (Å²) in [5.41, 5.74) is 1.69. The molecule has 0 aromatic rings. The fourth-order valence-corrected chi connectivity index (χ4v) is 21.5. The molecule has 0 saturated carbocycles. The van der Waals surface area contributed by atoms with Gasteiger partial charge in [-0.05, 0) is 0 Å². The summed E-state index contributed by atoms with van der Waals surface area (Å²) in [6, 6.07) is 0. The Kier molecular flexibility index (Phi) is 11.5. The average molecular weight is 373 g/mol. The molecule has 0 aromatic heterocycles. The predicted octanol–water partition coefficient (Wildman–Crippen LogP) is 7.19. The van der Waals surface area contributed by atoms with Crippen molar-refractivity contribution < 1.29 is 0 Å². The minimum atomic E-state index is -1.98. The van der Waals surface area contributed by atoms with E-state index in [4.69, 9.17) is 0 Å². The molecule has 0 aliphatic heterocycles. The number of rotatable bonds is 11. The molecular formula is C18H38Sn. The van der Waals surface area contributed by atoms with Crippen LogP contribution in [0.2, 0.25) is 17.2 Å². The number of unbranched alkanes of at least 4 members (excludes halogenated alkanes) is 3. The normalized spacial score (nSPS) is 14.7. The van der Waals surface area contributed by atoms with Gasteiger partial charge in [-0.15, -0.1) is 0 Å². The van der Waals surface area contributed by atoms with Gasteiger partial charge in [0.15, 0.2) is 0 Å². The van der Waals surface area contributed by atoms with E-state index in [0.29, 0.717) is 0 Å². The Hall–Kier alpha value is 0.539. The quantitative estimate of drug-likeness (QED) is 0.266.